The maximum Gasteiger partial charge on any atom is 0.270 e. The number of amides is 1. The number of hydrogen-bond donors (Lipinski definition) is 0. The second-order valence-electron chi connectivity index (χ2n) is 5.88. The maximum atomic E-state index is 14.0. The summed E-state index contributed by atoms with van der Waals surface area (Å²) >= 11 is 0. The van der Waals surface area contributed by atoms with Crippen LogP contribution in [0.1, 0.15) is 28.9 Å². The van der Waals surface area contributed by atoms with Gasteiger partial charge in [0.25, 0.3) is 5.91 Å². The summed E-state index contributed by atoms with van der Waals surface area (Å²) in [7, 11) is 0. The van der Waals surface area contributed by atoms with Gasteiger partial charge in [0.1, 0.15) is 11.5 Å². The van der Waals surface area contributed by atoms with E-state index in [-0.39, 0.29) is 11.7 Å². The number of likely N-dealkylation sites (tertiary alicyclic amines) is 1. The Labute approximate surface area is 133 Å². The molecule has 1 aliphatic heterocycles. The van der Waals surface area contributed by atoms with Crippen molar-refractivity contribution >= 4 is 17.0 Å². The Morgan fingerprint density at radius 3 is 2.74 bits per heavy atom. The number of benzene rings is 1. The van der Waals surface area contributed by atoms with E-state index in [9.17, 15) is 9.18 Å². The Morgan fingerprint density at radius 1 is 1.17 bits per heavy atom. The largest absolute Gasteiger partial charge is 0.463 e. The van der Waals surface area contributed by atoms with Crippen LogP contribution in [-0.4, -0.2) is 28.5 Å². The van der Waals surface area contributed by atoms with E-state index < -0.39 is 0 Å². The number of aromatic nitrogens is 1. The molecule has 0 saturated carbocycles. The van der Waals surface area contributed by atoms with Crippen LogP contribution in [-0.2, 0) is 6.54 Å². The van der Waals surface area contributed by atoms with Crippen LogP contribution < -0.4 is 0 Å². The number of fused-ring (bicyclic) bond motifs is 1. The van der Waals surface area contributed by atoms with Gasteiger partial charge < -0.3 is 13.9 Å². The highest BCUT2D eigenvalue weighted by molar-refractivity contribution is 5.97. The first-order chi connectivity index (χ1) is 11.2. The molecule has 0 spiro atoms. The van der Waals surface area contributed by atoms with Crippen molar-refractivity contribution in [3.8, 4) is 0 Å². The third kappa shape index (κ3) is 2.42. The maximum absolute atomic E-state index is 14.0. The zero-order valence-corrected chi connectivity index (χ0v) is 12.7. The number of carbonyl (C=O) groups is 1. The second-order valence-corrected chi connectivity index (χ2v) is 5.88. The summed E-state index contributed by atoms with van der Waals surface area (Å²) in [5, 5.41) is 0. The first kappa shape index (κ1) is 14.1. The van der Waals surface area contributed by atoms with Crippen LogP contribution in [0.3, 0.4) is 0 Å². The summed E-state index contributed by atoms with van der Waals surface area (Å²) in [4.78, 5) is 14.6. The van der Waals surface area contributed by atoms with Crippen molar-refractivity contribution < 1.29 is 13.6 Å². The van der Waals surface area contributed by atoms with Crippen molar-refractivity contribution in [3.05, 3.63) is 59.7 Å². The molecule has 0 bridgehead atoms. The Hall–Kier alpha value is -2.56. The van der Waals surface area contributed by atoms with Gasteiger partial charge >= 0.3 is 0 Å². The molecule has 5 heteroatoms. The van der Waals surface area contributed by atoms with Crippen LogP contribution in [0.2, 0.25) is 0 Å². The summed E-state index contributed by atoms with van der Waals surface area (Å²) in [6.45, 7) is 1.88. The molecule has 0 atom stereocenters. The summed E-state index contributed by atoms with van der Waals surface area (Å²) < 4.78 is 21.3. The second kappa shape index (κ2) is 5.57. The molecule has 2 aromatic heterocycles. The molecule has 1 aliphatic rings. The van der Waals surface area contributed by atoms with Crippen LogP contribution in [0, 0.1) is 5.82 Å². The Balaban J connectivity index is 1.77. The highest BCUT2D eigenvalue weighted by Crippen LogP contribution is 2.25. The van der Waals surface area contributed by atoms with E-state index in [0.29, 0.717) is 23.4 Å². The van der Waals surface area contributed by atoms with Crippen LogP contribution in [0.15, 0.2) is 47.1 Å². The molecular weight excluding hydrogens is 295 g/mol. The van der Waals surface area contributed by atoms with Crippen LogP contribution >= 0.6 is 0 Å². The highest BCUT2D eigenvalue weighted by Gasteiger charge is 2.25. The van der Waals surface area contributed by atoms with Crippen molar-refractivity contribution in [3.63, 3.8) is 0 Å². The van der Waals surface area contributed by atoms with Gasteiger partial charge in [0, 0.05) is 30.8 Å². The molecule has 0 N–H and O–H groups in total. The molecular formula is C18H17FN2O2. The molecule has 23 heavy (non-hydrogen) atoms. The predicted molar refractivity (Wildman–Crippen MR) is 84.8 cm³/mol. The zero-order valence-electron chi connectivity index (χ0n) is 12.7. The minimum atomic E-state index is -0.266. The van der Waals surface area contributed by atoms with Crippen molar-refractivity contribution in [2.24, 2.45) is 0 Å². The standard InChI is InChI=1S/C18H17FN2O2/c19-14-6-2-1-5-13(14)12-21-15-7-10-23-17(15)11-16(21)18(22)20-8-3-4-9-20/h1-2,5-7,10-11H,3-4,8-9,12H2. The first-order valence-corrected chi connectivity index (χ1v) is 7.83. The van der Waals surface area contributed by atoms with Crippen LogP contribution in [0.5, 0.6) is 0 Å². The normalized spacial score (nSPS) is 14.7. The SMILES string of the molecule is O=C(c1cc2occc2n1Cc1ccccc1F)N1CCCC1. The van der Waals surface area contributed by atoms with Crippen LogP contribution in [0.25, 0.3) is 11.1 Å². The van der Waals surface area contributed by atoms with Gasteiger partial charge in [-0.2, -0.15) is 0 Å². The third-order valence-corrected chi connectivity index (χ3v) is 4.42. The quantitative estimate of drug-likeness (QED) is 0.740. The van der Waals surface area contributed by atoms with Crippen molar-refractivity contribution in [1.82, 2.24) is 9.47 Å². The van der Waals surface area contributed by atoms with Gasteiger partial charge in [0.15, 0.2) is 5.58 Å². The van der Waals surface area contributed by atoms with Gasteiger partial charge in [-0.25, -0.2) is 4.39 Å². The molecule has 3 heterocycles. The number of furan rings is 1. The van der Waals surface area contributed by atoms with E-state index in [2.05, 4.69) is 0 Å². The monoisotopic (exact) mass is 312 g/mol. The number of hydrogen-bond acceptors (Lipinski definition) is 2. The molecule has 1 saturated heterocycles. The molecule has 1 amide bonds. The van der Waals surface area contributed by atoms with E-state index >= 15 is 0 Å². The number of rotatable bonds is 3. The molecule has 1 fully saturated rings. The average Bonchev–Trinajstić information content (AvgIpc) is 3.26. The summed E-state index contributed by atoms with van der Waals surface area (Å²) in [6, 6.07) is 10.2. The van der Waals surface area contributed by atoms with Crippen molar-refractivity contribution in [2.75, 3.05) is 13.1 Å². The first-order valence-electron chi connectivity index (χ1n) is 7.83. The predicted octanol–water partition coefficient (Wildman–Crippen LogP) is 3.66. The topological polar surface area (TPSA) is 38.4 Å². The molecule has 1 aromatic carbocycles. The van der Waals surface area contributed by atoms with Gasteiger partial charge in [-0.15, -0.1) is 0 Å². The van der Waals surface area contributed by atoms with Crippen molar-refractivity contribution in [2.45, 2.75) is 19.4 Å². The lowest BCUT2D eigenvalue weighted by atomic mass is 10.2. The fourth-order valence-electron chi connectivity index (χ4n) is 3.20. The summed E-state index contributed by atoms with van der Waals surface area (Å²) in [6.07, 6.45) is 3.67. The van der Waals surface area contributed by atoms with Gasteiger partial charge in [0.2, 0.25) is 0 Å². The Kier molecular flexibility index (Phi) is 3.41. The van der Waals surface area contributed by atoms with Gasteiger partial charge in [-0.05, 0) is 18.9 Å². The fraction of sp³-hybridized carbons (Fsp3) is 0.278. The minimum Gasteiger partial charge on any atom is -0.463 e. The lowest BCUT2D eigenvalue weighted by Crippen LogP contribution is -2.29. The molecule has 0 unspecified atom stereocenters. The molecule has 0 aliphatic carbocycles. The Morgan fingerprint density at radius 2 is 1.96 bits per heavy atom. The number of halogens is 1. The molecule has 4 rings (SSSR count). The van der Waals surface area contributed by atoms with Crippen molar-refractivity contribution in [1.29, 1.82) is 0 Å². The fourth-order valence-corrected chi connectivity index (χ4v) is 3.20. The smallest absolute Gasteiger partial charge is 0.270 e. The minimum absolute atomic E-state index is 0.00904. The van der Waals surface area contributed by atoms with Gasteiger partial charge in [-0.3, -0.25) is 4.79 Å². The molecule has 4 nitrogen and oxygen atoms in total. The van der Waals surface area contributed by atoms with E-state index in [1.54, 1.807) is 30.5 Å². The summed E-state index contributed by atoms with van der Waals surface area (Å²) in [5.74, 6) is -0.275. The van der Waals surface area contributed by atoms with Gasteiger partial charge in [-0.1, -0.05) is 18.2 Å². The van der Waals surface area contributed by atoms with E-state index in [4.69, 9.17) is 4.42 Å². The van der Waals surface area contributed by atoms with E-state index in [1.807, 2.05) is 15.5 Å². The van der Waals surface area contributed by atoms with Crippen LogP contribution in [0.4, 0.5) is 4.39 Å². The lowest BCUT2D eigenvalue weighted by Gasteiger charge is -2.17. The average molecular weight is 312 g/mol. The molecule has 0 radical (unpaired) electrons. The highest BCUT2D eigenvalue weighted by atomic mass is 19.1. The third-order valence-electron chi connectivity index (χ3n) is 4.42. The van der Waals surface area contributed by atoms with E-state index in [1.165, 1.54) is 6.07 Å². The molecule has 118 valence electrons. The number of carbonyl (C=O) groups excluding carboxylic acids is 1. The molecule has 3 aromatic rings. The Bertz CT molecular complexity index is 859. The van der Waals surface area contributed by atoms with E-state index in [0.717, 1.165) is 31.4 Å². The lowest BCUT2D eigenvalue weighted by molar-refractivity contribution is 0.0783. The zero-order chi connectivity index (χ0) is 15.8. The van der Waals surface area contributed by atoms with Gasteiger partial charge in [0.05, 0.1) is 18.3 Å². The number of nitrogens with zero attached hydrogens (tertiary/aromatic N) is 2. The summed E-state index contributed by atoms with van der Waals surface area (Å²) in [5.41, 5.74) is 2.59.